The van der Waals surface area contributed by atoms with E-state index >= 15 is 0 Å². The third-order valence-electron chi connectivity index (χ3n) is 9.86. The van der Waals surface area contributed by atoms with Gasteiger partial charge in [-0.2, -0.15) is 0 Å². The second-order valence-corrected chi connectivity index (χ2v) is 12.9. The van der Waals surface area contributed by atoms with Crippen molar-refractivity contribution in [1.29, 1.82) is 0 Å². The molecule has 0 aliphatic heterocycles. The minimum absolute atomic E-state index is 0.109. The Balaban J connectivity index is 1.34. The molecule has 0 saturated heterocycles. The molecule has 2 heteroatoms. The van der Waals surface area contributed by atoms with Gasteiger partial charge in [-0.15, -0.1) is 0 Å². The fraction of sp³-hybridized carbons (Fsp3) is 0.0667. The summed E-state index contributed by atoms with van der Waals surface area (Å²) in [4.78, 5) is 2.42. The summed E-state index contributed by atoms with van der Waals surface area (Å²) in [6.45, 7) is 4.69. The van der Waals surface area contributed by atoms with Crippen LogP contribution in [0.15, 0.2) is 168 Å². The lowest BCUT2D eigenvalue weighted by molar-refractivity contribution is 0.660. The van der Waals surface area contributed by atoms with E-state index in [2.05, 4.69) is 176 Å². The molecule has 0 fully saturated rings. The van der Waals surface area contributed by atoms with Gasteiger partial charge >= 0.3 is 0 Å². The van der Waals surface area contributed by atoms with Gasteiger partial charge in [0.2, 0.25) is 0 Å². The minimum Gasteiger partial charge on any atom is -0.456 e. The number of rotatable bonds is 5. The average Bonchev–Trinajstić information content (AvgIpc) is 3.61. The highest BCUT2D eigenvalue weighted by Crippen LogP contribution is 2.52. The molecule has 0 N–H and O–H groups in total. The van der Waals surface area contributed by atoms with Gasteiger partial charge in [-0.05, 0) is 87.5 Å². The second kappa shape index (κ2) is 10.6. The lowest BCUT2D eigenvalue weighted by atomic mass is 9.82. The van der Waals surface area contributed by atoms with Crippen LogP contribution in [0.1, 0.15) is 25.0 Å². The van der Waals surface area contributed by atoms with Gasteiger partial charge in [-0.25, -0.2) is 0 Å². The molecule has 0 atom stereocenters. The maximum Gasteiger partial charge on any atom is 0.136 e. The largest absolute Gasteiger partial charge is 0.456 e. The fourth-order valence-electron chi connectivity index (χ4n) is 7.60. The molecule has 0 bridgehead atoms. The first-order valence-corrected chi connectivity index (χ1v) is 16.3. The van der Waals surface area contributed by atoms with E-state index in [9.17, 15) is 0 Å². The van der Waals surface area contributed by atoms with Crippen molar-refractivity contribution in [2.24, 2.45) is 0 Å². The Labute approximate surface area is 275 Å². The van der Waals surface area contributed by atoms with Gasteiger partial charge in [0.25, 0.3) is 0 Å². The first kappa shape index (κ1) is 27.5. The number of fused-ring (bicyclic) bond motifs is 6. The monoisotopic (exact) mass is 603 g/mol. The number of para-hydroxylation sites is 2. The first-order valence-electron chi connectivity index (χ1n) is 16.3. The molecule has 8 aromatic rings. The lowest BCUT2D eigenvalue weighted by Gasteiger charge is -2.30. The number of nitrogens with zero attached hydrogens (tertiary/aromatic N) is 1. The van der Waals surface area contributed by atoms with Crippen LogP contribution in [0.3, 0.4) is 0 Å². The van der Waals surface area contributed by atoms with Crippen molar-refractivity contribution in [2.75, 3.05) is 4.90 Å². The molecule has 224 valence electrons. The van der Waals surface area contributed by atoms with Crippen LogP contribution in [0.5, 0.6) is 0 Å². The second-order valence-electron chi connectivity index (χ2n) is 12.9. The van der Waals surface area contributed by atoms with Crippen molar-refractivity contribution < 1.29 is 4.42 Å². The van der Waals surface area contributed by atoms with Gasteiger partial charge < -0.3 is 9.32 Å². The van der Waals surface area contributed by atoms with Crippen molar-refractivity contribution >= 4 is 39.0 Å². The molecule has 1 aromatic heterocycles. The molecule has 9 rings (SSSR count). The molecule has 7 aromatic carbocycles. The summed E-state index contributed by atoms with van der Waals surface area (Å²) in [5.41, 5.74) is 15.0. The molecule has 2 nitrogen and oxygen atoms in total. The third-order valence-corrected chi connectivity index (χ3v) is 9.86. The average molecular weight is 604 g/mol. The molecular formula is C45H33NO. The normalized spacial score (nSPS) is 13.1. The first-order chi connectivity index (χ1) is 23.1. The topological polar surface area (TPSA) is 16.4 Å². The summed E-state index contributed by atoms with van der Waals surface area (Å²) in [6.07, 6.45) is 0. The van der Waals surface area contributed by atoms with Gasteiger partial charge in [-0.1, -0.05) is 129 Å². The number of benzene rings is 7. The molecule has 0 saturated carbocycles. The van der Waals surface area contributed by atoms with Crippen LogP contribution in [0.25, 0.3) is 55.3 Å². The Morgan fingerprint density at radius 1 is 0.468 bits per heavy atom. The standard InChI is InChI=1S/C45H33NO/c1-45(2)38-22-11-9-20-35(38)36-25-24-34(29-39(36)45)46(33-18-7-4-8-19-33)40-26-27-42-44(37-21-10-12-23-41(37)47-42)43(40)32-17-13-16-31(28-32)30-14-5-3-6-15-30/h3-29H,1-2H3. The highest BCUT2D eigenvalue weighted by Gasteiger charge is 2.36. The molecule has 47 heavy (non-hydrogen) atoms. The van der Waals surface area contributed by atoms with Crippen molar-refractivity contribution in [3.8, 4) is 33.4 Å². The Morgan fingerprint density at radius 2 is 1.15 bits per heavy atom. The zero-order valence-electron chi connectivity index (χ0n) is 26.4. The maximum atomic E-state index is 6.48. The fourth-order valence-corrected chi connectivity index (χ4v) is 7.60. The van der Waals surface area contributed by atoms with E-state index in [4.69, 9.17) is 4.42 Å². The Morgan fingerprint density at radius 3 is 2.00 bits per heavy atom. The number of anilines is 3. The van der Waals surface area contributed by atoms with E-state index in [1.54, 1.807) is 0 Å². The van der Waals surface area contributed by atoms with Crippen LogP contribution >= 0.6 is 0 Å². The van der Waals surface area contributed by atoms with Crippen LogP contribution in [0, 0.1) is 0 Å². The van der Waals surface area contributed by atoms with Gasteiger partial charge in [0.1, 0.15) is 11.2 Å². The number of hydrogen-bond acceptors (Lipinski definition) is 2. The van der Waals surface area contributed by atoms with Crippen molar-refractivity contribution in [2.45, 2.75) is 19.3 Å². The van der Waals surface area contributed by atoms with Crippen LogP contribution in [0.2, 0.25) is 0 Å². The quantitative estimate of drug-likeness (QED) is 0.195. The van der Waals surface area contributed by atoms with Gasteiger partial charge in [0.05, 0.1) is 5.69 Å². The maximum absolute atomic E-state index is 6.48. The van der Waals surface area contributed by atoms with Crippen LogP contribution in [-0.2, 0) is 5.41 Å². The SMILES string of the molecule is CC1(C)c2ccccc2-c2ccc(N(c3ccccc3)c3ccc4oc5ccccc5c4c3-c3cccc(-c4ccccc4)c3)cc21. The smallest absolute Gasteiger partial charge is 0.136 e. The third kappa shape index (κ3) is 4.33. The molecule has 0 amide bonds. The minimum atomic E-state index is -0.109. The molecular weight excluding hydrogens is 571 g/mol. The van der Waals surface area contributed by atoms with Crippen LogP contribution in [-0.4, -0.2) is 0 Å². The van der Waals surface area contributed by atoms with Gasteiger partial charge in [0, 0.05) is 33.1 Å². The number of furan rings is 1. The Bertz CT molecular complexity index is 2440. The molecule has 1 aliphatic rings. The predicted molar refractivity (Wildman–Crippen MR) is 197 cm³/mol. The van der Waals surface area contributed by atoms with E-state index < -0.39 is 0 Å². The van der Waals surface area contributed by atoms with E-state index in [0.29, 0.717) is 0 Å². The van der Waals surface area contributed by atoms with E-state index in [0.717, 1.165) is 50.1 Å². The summed E-state index contributed by atoms with van der Waals surface area (Å²) in [5.74, 6) is 0. The van der Waals surface area contributed by atoms with Crippen LogP contribution < -0.4 is 4.90 Å². The molecule has 0 radical (unpaired) electrons. The zero-order chi connectivity index (χ0) is 31.5. The highest BCUT2D eigenvalue weighted by atomic mass is 16.3. The Hall–Kier alpha value is -5.86. The van der Waals surface area contributed by atoms with Crippen molar-refractivity contribution in [3.63, 3.8) is 0 Å². The van der Waals surface area contributed by atoms with E-state index in [1.165, 1.54) is 33.4 Å². The van der Waals surface area contributed by atoms with E-state index in [1.807, 2.05) is 6.07 Å². The molecule has 0 spiro atoms. The summed E-state index contributed by atoms with van der Waals surface area (Å²) >= 11 is 0. The summed E-state index contributed by atoms with van der Waals surface area (Å²) in [6, 6.07) is 58.9. The molecule has 1 aliphatic carbocycles. The zero-order valence-corrected chi connectivity index (χ0v) is 26.4. The molecule has 1 heterocycles. The number of hydrogen-bond donors (Lipinski definition) is 0. The summed E-state index contributed by atoms with van der Waals surface area (Å²) in [5, 5.41) is 2.24. The van der Waals surface area contributed by atoms with Crippen LogP contribution in [0.4, 0.5) is 17.1 Å². The summed E-state index contributed by atoms with van der Waals surface area (Å²) in [7, 11) is 0. The lowest BCUT2D eigenvalue weighted by Crippen LogP contribution is -2.16. The van der Waals surface area contributed by atoms with E-state index in [-0.39, 0.29) is 5.41 Å². The van der Waals surface area contributed by atoms with Gasteiger partial charge in [-0.3, -0.25) is 0 Å². The van der Waals surface area contributed by atoms with Gasteiger partial charge in [0.15, 0.2) is 0 Å². The Kier molecular flexibility index (Phi) is 6.20. The molecule has 0 unspecified atom stereocenters. The van der Waals surface area contributed by atoms with Crippen molar-refractivity contribution in [1.82, 2.24) is 0 Å². The summed E-state index contributed by atoms with van der Waals surface area (Å²) < 4.78 is 6.48. The van der Waals surface area contributed by atoms with Crippen molar-refractivity contribution in [3.05, 3.63) is 175 Å². The predicted octanol–water partition coefficient (Wildman–Crippen LogP) is 12.7. The highest BCUT2D eigenvalue weighted by molar-refractivity contribution is 6.16.